The number of Topliss-reactive ketones (excluding diaryl/α,β-unsaturated/α-hetero) is 1. The van der Waals surface area contributed by atoms with Gasteiger partial charge in [-0.15, -0.1) is 0 Å². The van der Waals surface area contributed by atoms with Crippen molar-refractivity contribution in [2.75, 3.05) is 0 Å². The fraction of sp³-hybridized carbons (Fsp3) is 0.333. The Morgan fingerprint density at radius 3 is 2.62 bits per heavy atom. The SMILES string of the molecule is CC(=O)C(C)(C#N)Cc1cccc(Cl)c1Cl. The van der Waals surface area contributed by atoms with Crippen molar-refractivity contribution in [2.45, 2.75) is 20.3 Å². The van der Waals surface area contributed by atoms with Crippen molar-refractivity contribution in [1.82, 2.24) is 0 Å². The maximum atomic E-state index is 11.4. The topological polar surface area (TPSA) is 40.9 Å². The molecule has 2 nitrogen and oxygen atoms in total. The highest BCUT2D eigenvalue weighted by Crippen LogP contribution is 2.31. The third-order valence-corrected chi connectivity index (χ3v) is 3.46. The molecule has 0 spiro atoms. The lowest BCUT2D eigenvalue weighted by atomic mass is 9.82. The summed E-state index contributed by atoms with van der Waals surface area (Å²) in [5.74, 6) is -0.175. The number of carbonyl (C=O) groups is 1. The number of nitrogens with zero attached hydrogens (tertiary/aromatic N) is 1. The zero-order valence-corrected chi connectivity index (χ0v) is 10.6. The predicted molar refractivity (Wildman–Crippen MR) is 64.6 cm³/mol. The molecule has 0 bridgehead atoms. The van der Waals surface area contributed by atoms with Gasteiger partial charge in [-0.1, -0.05) is 35.3 Å². The van der Waals surface area contributed by atoms with Crippen LogP contribution < -0.4 is 0 Å². The highest BCUT2D eigenvalue weighted by Gasteiger charge is 2.30. The van der Waals surface area contributed by atoms with Gasteiger partial charge in [-0.3, -0.25) is 4.79 Å². The lowest BCUT2D eigenvalue weighted by Crippen LogP contribution is -2.26. The highest BCUT2D eigenvalue weighted by atomic mass is 35.5. The van der Waals surface area contributed by atoms with E-state index in [4.69, 9.17) is 28.5 Å². The number of carbonyl (C=O) groups excluding carboxylic acids is 1. The number of halogens is 2. The van der Waals surface area contributed by atoms with Crippen molar-refractivity contribution in [3.8, 4) is 6.07 Å². The van der Waals surface area contributed by atoms with Gasteiger partial charge < -0.3 is 0 Å². The summed E-state index contributed by atoms with van der Waals surface area (Å²) in [5, 5.41) is 9.87. The Labute approximate surface area is 105 Å². The van der Waals surface area contributed by atoms with Gasteiger partial charge in [0.1, 0.15) is 11.2 Å². The van der Waals surface area contributed by atoms with Crippen LogP contribution in [-0.4, -0.2) is 5.78 Å². The van der Waals surface area contributed by atoms with E-state index in [0.29, 0.717) is 15.6 Å². The summed E-state index contributed by atoms with van der Waals surface area (Å²) in [4.78, 5) is 11.4. The van der Waals surface area contributed by atoms with Crippen molar-refractivity contribution in [2.24, 2.45) is 5.41 Å². The van der Waals surface area contributed by atoms with E-state index in [2.05, 4.69) is 0 Å². The maximum Gasteiger partial charge on any atom is 0.150 e. The Kier molecular flexibility index (Phi) is 3.96. The maximum absolute atomic E-state index is 11.4. The fourth-order valence-corrected chi connectivity index (χ4v) is 1.70. The lowest BCUT2D eigenvalue weighted by molar-refractivity contribution is -0.123. The number of benzene rings is 1. The first-order chi connectivity index (χ1) is 7.40. The first kappa shape index (κ1) is 13.0. The summed E-state index contributed by atoms with van der Waals surface area (Å²) in [6, 6.07) is 7.22. The molecular formula is C12H11Cl2NO. The second-order valence-electron chi connectivity index (χ2n) is 3.89. The van der Waals surface area contributed by atoms with E-state index in [1.54, 1.807) is 25.1 Å². The normalized spacial score (nSPS) is 13.9. The summed E-state index contributed by atoms with van der Waals surface area (Å²) in [7, 11) is 0. The van der Waals surface area contributed by atoms with Crippen molar-refractivity contribution < 1.29 is 4.79 Å². The van der Waals surface area contributed by atoms with Gasteiger partial charge >= 0.3 is 0 Å². The minimum Gasteiger partial charge on any atom is -0.298 e. The van der Waals surface area contributed by atoms with Crippen LogP contribution in [0.3, 0.4) is 0 Å². The lowest BCUT2D eigenvalue weighted by Gasteiger charge is -2.18. The number of hydrogen-bond acceptors (Lipinski definition) is 2. The Balaban J connectivity index is 3.10. The molecule has 4 heteroatoms. The van der Waals surface area contributed by atoms with Gasteiger partial charge in [0.25, 0.3) is 0 Å². The quantitative estimate of drug-likeness (QED) is 0.828. The van der Waals surface area contributed by atoms with Crippen LogP contribution >= 0.6 is 23.2 Å². The smallest absolute Gasteiger partial charge is 0.150 e. The van der Waals surface area contributed by atoms with Crippen molar-refractivity contribution >= 4 is 29.0 Å². The van der Waals surface area contributed by atoms with Crippen LogP contribution in [0.4, 0.5) is 0 Å². The molecule has 16 heavy (non-hydrogen) atoms. The van der Waals surface area contributed by atoms with Gasteiger partial charge in [0.15, 0.2) is 0 Å². The van der Waals surface area contributed by atoms with E-state index >= 15 is 0 Å². The molecule has 0 aliphatic heterocycles. The Morgan fingerprint density at radius 2 is 2.12 bits per heavy atom. The molecule has 1 atom stereocenters. The summed E-state index contributed by atoms with van der Waals surface area (Å²) in [6.45, 7) is 3.01. The highest BCUT2D eigenvalue weighted by molar-refractivity contribution is 6.42. The van der Waals surface area contributed by atoms with Crippen LogP contribution in [0, 0.1) is 16.7 Å². The molecule has 0 aliphatic rings. The van der Waals surface area contributed by atoms with Gasteiger partial charge in [0.05, 0.1) is 16.1 Å². The Hall–Kier alpha value is -1.04. The number of ketones is 1. The summed E-state index contributed by atoms with van der Waals surface area (Å²) in [6.07, 6.45) is 0.276. The predicted octanol–water partition coefficient (Wildman–Crippen LogP) is 3.65. The molecule has 0 aliphatic carbocycles. The largest absolute Gasteiger partial charge is 0.298 e. The molecular weight excluding hydrogens is 245 g/mol. The molecule has 84 valence electrons. The van der Waals surface area contributed by atoms with Gasteiger partial charge in [0.2, 0.25) is 0 Å². The fourth-order valence-electron chi connectivity index (χ4n) is 1.31. The van der Waals surface area contributed by atoms with Gasteiger partial charge in [-0.25, -0.2) is 0 Å². The molecule has 0 heterocycles. The van der Waals surface area contributed by atoms with E-state index in [1.807, 2.05) is 6.07 Å². The number of nitriles is 1. The average Bonchev–Trinajstić information content (AvgIpc) is 2.24. The van der Waals surface area contributed by atoms with Gasteiger partial charge in [-0.2, -0.15) is 5.26 Å². The monoisotopic (exact) mass is 255 g/mol. The summed E-state index contributed by atoms with van der Waals surface area (Å²) in [5.41, 5.74) is -0.331. The van der Waals surface area contributed by atoms with Crippen LogP contribution in [0.25, 0.3) is 0 Å². The molecule has 0 aromatic heterocycles. The zero-order valence-electron chi connectivity index (χ0n) is 9.05. The third kappa shape index (κ3) is 2.55. The van der Waals surface area contributed by atoms with Crippen LogP contribution in [0.15, 0.2) is 18.2 Å². The molecule has 0 fully saturated rings. The van der Waals surface area contributed by atoms with E-state index in [1.165, 1.54) is 6.92 Å². The molecule has 1 aromatic carbocycles. The van der Waals surface area contributed by atoms with Crippen molar-refractivity contribution in [3.63, 3.8) is 0 Å². The van der Waals surface area contributed by atoms with Crippen molar-refractivity contribution in [3.05, 3.63) is 33.8 Å². The molecule has 1 rings (SSSR count). The minimum absolute atomic E-state index is 0.175. The van der Waals surface area contributed by atoms with Crippen LogP contribution in [0.2, 0.25) is 10.0 Å². The van der Waals surface area contributed by atoms with Gasteiger partial charge in [-0.05, 0) is 31.9 Å². The molecule has 1 unspecified atom stereocenters. The van der Waals surface area contributed by atoms with Crippen LogP contribution in [0.1, 0.15) is 19.4 Å². The van der Waals surface area contributed by atoms with E-state index in [0.717, 1.165) is 0 Å². The van der Waals surface area contributed by atoms with Gasteiger partial charge in [0, 0.05) is 0 Å². The standard InChI is InChI=1S/C12H11Cl2NO/c1-8(16)12(2,7-15)6-9-4-3-5-10(13)11(9)14/h3-5H,6H2,1-2H3. The Morgan fingerprint density at radius 1 is 1.50 bits per heavy atom. The Bertz CT molecular complexity index is 465. The second kappa shape index (κ2) is 4.86. The van der Waals surface area contributed by atoms with Crippen molar-refractivity contribution in [1.29, 1.82) is 5.26 Å². The van der Waals surface area contributed by atoms with E-state index in [-0.39, 0.29) is 12.2 Å². The third-order valence-electron chi connectivity index (χ3n) is 2.60. The van der Waals surface area contributed by atoms with E-state index in [9.17, 15) is 4.79 Å². The minimum atomic E-state index is -1.05. The average molecular weight is 256 g/mol. The molecule has 1 aromatic rings. The second-order valence-corrected chi connectivity index (χ2v) is 4.67. The van der Waals surface area contributed by atoms with E-state index < -0.39 is 5.41 Å². The van der Waals surface area contributed by atoms with Crippen LogP contribution in [0.5, 0.6) is 0 Å². The number of hydrogen-bond donors (Lipinski definition) is 0. The molecule has 0 radical (unpaired) electrons. The molecule has 0 N–H and O–H groups in total. The first-order valence-corrected chi connectivity index (χ1v) is 5.51. The van der Waals surface area contributed by atoms with Crippen LogP contribution in [-0.2, 0) is 11.2 Å². The number of rotatable bonds is 3. The first-order valence-electron chi connectivity index (χ1n) is 4.76. The molecule has 0 saturated carbocycles. The molecule has 0 amide bonds. The summed E-state index contributed by atoms with van der Waals surface area (Å²) < 4.78 is 0. The molecule has 0 saturated heterocycles. The summed E-state index contributed by atoms with van der Waals surface area (Å²) >= 11 is 11.9. The zero-order chi connectivity index (χ0) is 12.3.